The molecule has 0 aliphatic rings. The zero-order valence-electron chi connectivity index (χ0n) is 11.6. The monoisotopic (exact) mass is 391 g/mol. The third-order valence-electron chi connectivity index (χ3n) is 2.65. The Morgan fingerprint density at radius 3 is 1.68 bits per heavy atom. The maximum Gasteiger partial charge on any atom is 0.573 e. The lowest BCUT2D eigenvalue weighted by molar-refractivity contribution is -0.274. The summed E-state index contributed by atoms with van der Waals surface area (Å²) in [6.45, 7) is 0. The van der Waals surface area contributed by atoms with Crippen LogP contribution in [0.1, 0.15) is 0 Å². The minimum absolute atomic E-state index is 0.225. The van der Waals surface area contributed by atoms with Crippen LogP contribution in [0.15, 0.2) is 29.2 Å². The summed E-state index contributed by atoms with van der Waals surface area (Å²) in [5, 5.41) is 0. The van der Waals surface area contributed by atoms with Crippen LogP contribution in [-0.4, -0.2) is 10.6 Å². The molecule has 0 aromatic heterocycles. The van der Waals surface area contributed by atoms with Crippen LogP contribution < -0.4 is 9.46 Å². The number of hydrogen-bond donors (Lipinski definition) is 1. The van der Waals surface area contributed by atoms with E-state index in [1.165, 1.54) is 0 Å². The first-order valence-electron chi connectivity index (χ1n) is 6.07. The first kappa shape index (κ1) is 19.0. The molecule has 0 heterocycles. The van der Waals surface area contributed by atoms with Gasteiger partial charge in [-0.2, -0.15) is 0 Å². The van der Waals surface area contributed by atoms with Gasteiger partial charge in [0.05, 0.1) is 0 Å². The number of anilines is 1. The van der Waals surface area contributed by atoms with Gasteiger partial charge < -0.3 is 9.46 Å². The summed E-state index contributed by atoms with van der Waals surface area (Å²) >= 11 is 0. The van der Waals surface area contributed by atoms with E-state index in [2.05, 4.69) is 4.74 Å². The third kappa shape index (κ3) is 4.18. The molecule has 0 amide bonds. The second-order valence-corrected chi connectivity index (χ2v) is 5.49. The highest BCUT2D eigenvalue weighted by Crippen LogP contribution is 2.28. The molecular weight excluding hydrogens is 386 g/mol. The fraction of sp³-hybridized carbons (Fsp3) is 0.0769. The van der Waals surface area contributed by atoms with Gasteiger partial charge in [-0.3, -0.25) is 0 Å². The Kier molecular flexibility index (Phi) is 5.20. The number of halogens is 8. The quantitative estimate of drug-likeness (QED) is 0.476. The third-order valence-corrected chi connectivity index (χ3v) is 3.80. The first-order valence-corrected chi connectivity index (χ1v) is 7.22. The molecule has 1 N–H and O–H groups in total. The van der Waals surface area contributed by atoms with E-state index < -0.39 is 57.1 Å². The van der Waals surface area contributed by atoms with Crippen molar-refractivity contribution < 1.29 is 44.1 Å². The van der Waals surface area contributed by atoms with Crippen molar-refractivity contribution in [2.45, 2.75) is 11.3 Å². The van der Waals surface area contributed by atoms with Crippen LogP contribution in [0.3, 0.4) is 0 Å². The zero-order chi connectivity index (χ0) is 18.9. The molecule has 1 atom stereocenters. The number of rotatable bonds is 4. The normalized spacial score (nSPS) is 12.8. The maximum atomic E-state index is 13.5. The summed E-state index contributed by atoms with van der Waals surface area (Å²) in [6.07, 6.45) is -4.95. The van der Waals surface area contributed by atoms with Gasteiger partial charge in [-0.15, -0.1) is 13.2 Å². The molecule has 1 unspecified atom stereocenters. The average molecular weight is 391 g/mol. The van der Waals surface area contributed by atoms with Crippen molar-refractivity contribution in [1.29, 1.82) is 0 Å². The molecule has 0 radical (unpaired) electrons. The Balaban J connectivity index is 2.26. The van der Waals surface area contributed by atoms with Crippen LogP contribution in [0.25, 0.3) is 0 Å². The molecule has 2 aromatic carbocycles. The summed E-state index contributed by atoms with van der Waals surface area (Å²) < 4.78 is 119. The number of nitrogens with one attached hydrogen (secondary N) is 1. The van der Waals surface area contributed by atoms with Gasteiger partial charge in [0, 0.05) is 5.69 Å². The van der Waals surface area contributed by atoms with Crippen molar-refractivity contribution in [2.75, 3.05) is 4.72 Å². The van der Waals surface area contributed by atoms with E-state index in [9.17, 15) is 39.3 Å². The smallest absolute Gasteiger partial charge is 0.406 e. The Bertz CT molecular complexity index is 793. The van der Waals surface area contributed by atoms with Crippen molar-refractivity contribution in [3.63, 3.8) is 0 Å². The van der Waals surface area contributed by atoms with E-state index >= 15 is 0 Å². The lowest BCUT2D eigenvalue weighted by Crippen LogP contribution is -2.17. The molecule has 25 heavy (non-hydrogen) atoms. The summed E-state index contributed by atoms with van der Waals surface area (Å²) in [6, 6.07) is 3.35. The topological polar surface area (TPSA) is 38.3 Å². The van der Waals surface area contributed by atoms with E-state index in [4.69, 9.17) is 0 Å². The Morgan fingerprint density at radius 1 is 0.800 bits per heavy atom. The molecule has 0 aliphatic carbocycles. The maximum absolute atomic E-state index is 13.5. The number of ether oxygens (including phenoxy) is 1. The van der Waals surface area contributed by atoms with Gasteiger partial charge in [0.25, 0.3) is 0 Å². The predicted octanol–water partition coefficient (Wildman–Crippen LogP) is 4.42. The van der Waals surface area contributed by atoms with Crippen molar-refractivity contribution in [3.05, 3.63) is 53.4 Å². The molecule has 0 aliphatic heterocycles. The minimum atomic E-state index is -4.95. The van der Waals surface area contributed by atoms with Crippen molar-refractivity contribution in [1.82, 2.24) is 0 Å². The molecule has 0 saturated carbocycles. The summed E-state index contributed by atoms with van der Waals surface area (Å²) in [5.74, 6) is -12.2. The van der Waals surface area contributed by atoms with Gasteiger partial charge in [0.2, 0.25) is 5.82 Å². The highest BCUT2D eigenvalue weighted by atomic mass is 32.2. The predicted molar refractivity (Wildman–Crippen MR) is 69.4 cm³/mol. The summed E-state index contributed by atoms with van der Waals surface area (Å²) in [5.41, 5.74) is -0.225. The SMILES string of the molecule is O=S(Nc1ccc(OC(F)(F)F)cc1)c1c(F)c(F)c(F)c(F)c1F. The first-order chi connectivity index (χ1) is 11.5. The van der Waals surface area contributed by atoms with Gasteiger partial charge in [0.15, 0.2) is 34.3 Å². The van der Waals surface area contributed by atoms with E-state index in [0.717, 1.165) is 24.3 Å². The fourth-order valence-corrected chi connectivity index (χ4v) is 2.59. The van der Waals surface area contributed by atoms with Crippen LogP contribution in [0.5, 0.6) is 5.75 Å². The molecule has 2 aromatic rings. The van der Waals surface area contributed by atoms with Gasteiger partial charge in [-0.05, 0) is 24.3 Å². The Morgan fingerprint density at radius 2 is 1.24 bits per heavy atom. The van der Waals surface area contributed by atoms with Gasteiger partial charge in [-0.25, -0.2) is 26.2 Å². The van der Waals surface area contributed by atoms with Gasteiger partial charge >= 0.3 is 6.36 Å². The molecule has 0 bridgehead atoms. The lowest BCUT2D eigenvalue weighted by atomic mass is 10.3. The average Bonchev–Trinajstić information content (AvgIpc) is 2.52. The van der Waals surface area contributed by atoms with Crippen LogP contribution in [0.2, 0.25) is 0 Å². The van der Waals surface area contributed by atoms with Gasteiger partial charge in [0.1, 0.15) is 10.6 Å². The van der Waals surface area contributed by atoms with Crippen LogP contribution in [0, 0.1) is 29.1 Å². The standard InChI is InChI=1S/C13H5F8NO2S/c14-7-8(15)10(17)12(11(18)9(7)16)25(23)22-5-1-3-6(4-2-5)24-13(19,20)21/h1-4,22H. The molecular formula is C13H5F8NO2S. The fourth-order valence-electron chi connectivity index (χ4n) is 1.63. The molecule has 0 spiro atoms. The molecule has 3 nitrogen and oxygen atoms in total. The van der Waals surface area contributed by atoms with Crippen LogP contribution >= 0.6 is 0 Å². The number of hydrogen-bond acceptors (Lipinski definition) is 2. The van der Waals surface area contributed by atoms with Crippen molar-refractivity contribution in [2.24, 2.45) is 0 Å². The van der Waals surface area contributed by atoms with Crippen molar-refractivity contribution >= 4 is 16.7 Å². The molecule has 12 heteroatoms. The summed E-state index contributed by atoms with van der Waals surface area (Å²) in [7, 11) is -2.92. The highest BCUT2D eigenvalue weighted by Gasteiger charge is 2.31. The van der Waals surface area contributed by atoms with E-state index in [1.807, 2.05) is 4.72 Å². The second-order valence-electron chi connectivity index (χ2n) is 4.34. The Hall–Kier alpha value is -2.37. The van der Waals surface area contributed by atoms with Gasteiger partial charge in [-0.1, -0.05) is 0 Å². The van der Waals surface area contributed by atoms with E-state index in [1.54, 1.807) is 0 Å². The van der Waals surface area contributed by atoms with E-state index in [0.29, 0.717) is 0 Å². The summed E-state index contributed by atoms with van der Waals surface area (Å²) in [4.78, 5) is -1.62. The second kappa shape index (κ2) is 6.86. The number of alkyl halides is 3. The van der Waals surface area contributed by atoms with Crippen molar-refractivity contribution in [3.8, 4) is 5.75 Å². The largest absolute Gasteiger partial charge is 0.573 e. The van der Waals surface area contributed by atoms with Crippen LogP contribution in [0.4, 0.5) is 40.8 Å². The molecule has 0 fully saturated rings. The van der Waals surface area contributed by atoms with E-state index in [-0.39, 0.29) is 5.69 Å². The lowest BCUT2D eigenvalue weighted by Gasteiger charge is -2.11. The highest BCUT2D eigenvalue weighted by molar-refractivity contribution is 7.86. The molecule has 136 valence electrons. The number of benzene rings is 2. The van der Waals surface area contributed by atoms with Crippen LogP contribution in [-0.2, 0) is 11.0 Å². The molecule has 2 rings (SSSR count). The molecule has 0 saturated heterocycles. The zero-order valence-corrected chi connectivity index (χ0v) is 12.4. The Labute approximate surface area is 136 Å². The minimum Gasteiger partial charge on any atom is -0.406 e.